The number of rotatable bonds is 5. The minimum atomic E-state index is -0.140. The minimum absolute atomic E-state index is 0.0999. The Balaban J connectivity index is 1.60. The molecule has 0 saturated heterocycles. The predicted octanol–water partition coefficient (Wildman–Crippen LogP) is 4.18. The van der Waals surface area contributed by atoms with Gasteiger partial charge < -0.3 is 16.0 Å². The van der Waals surface area contributed by atoms with Crippen LogP contribution in [0.1, 0.15) is 29.3 Å². The Morgan fingerprint density at radius 1 is 1.20 bits per heavy atom. The van der Waals surface area contributed by atoms with Crippen molar-refractivity contribution in [2.45, 2.75) is 19.8 Å². The summed E-state index contributed by atoms with van der Waals surface area (Å²) in [7, 11) is 0. The number of nitrogens with one attached hydrogen (secondary N) is 3. The molecule has 2 amide bonds. The van der Waals surface area contributed by atoms with Gasteiger partial charge in [-0.05, 0) is 48.9 Å². The van der Waals surface area contributed by atoms with Crippen molar-refractivity contribution in [3.8, 4) is 11.3 Å². The summed E-state index contributed by atoms with van der Waals surface area (Å²) < 4.78 is 0. The Bertz CT molecular complexity index is 1120. The van der Waals surface area contributed by atoms with Gasteiger partial charge >= 0.3 is 0 Å². The van der Waals surface area contributed by atoms with Crippen molar-refractivity contribution < 1.29 is 9.59 Å². The first kappa shape index (κ1) is 19.8. The first-order chi connectivity index (χ1) is 14.5. The molecule has 30 heavy (non-hydrogen) atoms. The number of carbonyl (C=O) groups excluding carboxylic acids is 2. The quantitative estimate of drug-likeness (QED) is 0.574. The van der Waals surface area contributed by atoms with Gasteiger partial charge in [0.15, 0.2) is 0 Å². The van der Waals surface area contributed by atoms with Gasteiger partial charge in [0.05, 0.1) is 17.8 Å². The van der Waals surface area contributed by atoms with E-state index in [4.69, 9.17) is 11.6 Å². The second-order valence-electron chi connectivity index (χ2n) is 6.94. The summed E-state index contributed by atoms with van der Waals surface area (Å²) in [5.41, 5.74) is 4.16. The zero-order valence-corrected chi connectivity index (χ0v) is 17.1. The van der Waals surface area contributed by atoms with Gasteiger partial charge in [0.25, 0.3) is 5.91 Å². The monoisotopic (exact) mass is 421 g/mol. The SMILES string of the molecule is CCCNC(=O)c1ccc(Nc2ncc3c(n2)-c2ccc(Cl)cc2NC(=O)C3)cc1. The largest absolute Gasteiger partial charge is 0.352 e. The smallest absolute Gasteiger partial charge is 0.251 e. The topological polar surface area (TPSA) is 96.0 Å². The molecule has 0 saturated carbocycles. The number of hydrogen-bond acceptors (Lipinski definition) is 5. The van der Waals surface area contributed by atoms with E-state index >= 15 is 0 Å². The Labute approximate surface area is 178 Å². The van der Waals surface area contributed by atoms with E-state index in [1.165, 1.54) is 0 Å². The third-order valence-corrected chi connectivity index (χ3v) is 4.90. The van der Waals surface area contributed by atoms with Crippen molar-refractivity contribution in [1.29, 1.82) is 0 Å². The second-order valence-corrected chi connectivity index (χ2v) is 7.38. The molecule has 2 aromatic carbocycles. The highest BCUT2D eigenvalue weighted by Crippen LogP contribution is 2.34. The van der Waals surface area contributed by atoms with Gasteiger partial charge in [-0.15, -0.1) is 0 Å². The molecular formula is C22H20ClN5O2. The molecule has 1 aliphatic rings. The highest BCUT2D eigenvalue weighted by molar-refractivity contribution is 6.31. The maximum atomic E-state index is 12.2. The van der Waals surface area contributed by atoms with Gasteiger partial charge in [-0.1, -0.05) is 18.5 Å². The zero-order valence-electron chi connectivity index (χ0n) is 16.3. The third kappa shape index (κ3) is 4.26. The van der Waals surface area contributed by atoms with Crippen molar-refractivity contribution in [3.63, 3.8) is 0 Å². The van der Waals surface area contributed by atoms with Gasteiger partial charge in [0.2, 0.25) is 11.9 Å². The van der Waals surface area contributed by atoms with Gasteiger partial charge in [-0.25, -0.2) is 9.97 Å². The fourth-order valence-electron chi connectivity index (χ4n) is 3.20. The van der Waals surface area contributed by atoms with Gasteiger partial charge in [-0.3, -0.25) is 9.59 Å². The number of fused-ring (bicyclic) bond motifs is 3. The fraction of sp³-hybridized carbons (Fsp3) is 0.182. The molecule has 0 atom stereocenters. The lowest BCUT2D eigenvalue weighted by atomic mass is 10.1. The number of aromatic nitrogens is 2. The summed E-state index contributed by atoms with van der Waals surface area (Å²) in [5, 5.41) is 9.40. The number of carbonyl (C=O) groups is 2. The molecular weight excluding hydrogens is 402 g/mol. The Morgan fingerprint density at radius 2 is 2.00 bits per heavy atom. The van der Waals surface area contributed by atoms with E-state index in [1.807, 2.05) is 13.0 Å². The summed E-state index contributed by atoms with van der Waals surface area (Å²) in [5.74, 6) is 0.155. The molecule has 2 heterocycles. The van der Waals surface area contributed by atoms with Gasteiger partial charge in [0.1, 0.15) is 0 Å². The van der Waals surface area contributed by atoms with Crippen LogP contribution in [0.2, 0.25) is 5.02 Å². The van der Waals surface area contributed by atoms with E-state index in [1.54, 1.807) is 42.6 Å². The molecule has 0 fully saturated rings. The van der Waals surface area contributed by atoms with Crippen molar-refractivity contribution in [1.82, 2.24) is 15.3 Å². The van der Waals surface area contributed by atoms with Crippen molar-refractivity contribution in [2.24, 2.45) is 0 Å². The lowest BCUT2D eigenvalue weighted by molar-refractivity contribution is -0.115. The van der Waals surface area contributed by atoms with Crippen LogP contribution in [0.4, 0.5) is 17.3 Å². The Morgan fingerprint density at radius 3 is 2.77 bits per heavy atom. The predicted molar refractivity (Wildman–Crippen MR) is 117 cm³/mol. The molecule has 0 spiro atoms. The number of halogens is 1. The van der Waals surface area contributed by atoms with E-state index < -0.39 is 0 Å². The number of anilines is 3. The number of nitrogens with zero attached hydrogens (tertiary/aromatic N) is 2. The van der Waals surface area contributed by atoms with Crippen LogP contribution >= 0.6 is 11.6 Å². The zero-order chi connectivity index (χ0) is 21.1. The van der Waals surface area contributed by atoms with E-state index in [-0.39, 0.29) is 18.2 Å². The lowest BCUT2D eigenvalue weighted by Gasteiger charge is -2.11. The molecule has 3 aromatic rings. The number of hydrogen-bond donors (Lipinski definition) is 3. The van der Waals surface area contributed by atoms with E-state index in [9.17, 15) is 9.59 Å². The highest BCUT2D eigenvalue weighted by atomic mass is 35.5. The van der Waals surface area contributed by atoms with Crippen LogP contribution in [-0.4, -0.2) is 28.3 Å². The summed E-state index contributed by atoms with van der Waals surface area (Å²) >= 11 is 6.08. The molecule has 0 aliphatic carbocycles. The van der Waals surface area contributed by atoms with Crippen molar-refractivity contribution in [2.75, 3.05) is 17.2 Å². The molecule has 7 nitrogen and oxygen atoms in total. The van der Waals surface area contributed by atoms with Crippen LogP contribution < -0.4 is 16.0 Å². The van der Waals surface area contributed by atoms with E-state index in [0.717, 1.165) is 23.2 Å². The molecule has 8 heteroatoms. The number of benzene rings is 2. The molecule has 3 N–H and O–H groups in total. The van der Waals surface area contributed by atoms with Crippen molar-refractivity contribution >= 4 is 40.7 Å². The average molecular weight is 422 g/mol. The standard InChI is InChI=1S/C22H20ClN5O2/c1-2-9-24-21(30)13-3-6-16(7-4-13)26-22-25-12-14-10-19(29)27-18-11-15(23)5-8-17(18)20(14)28-22/h3-8,11-12H,2,9-10H2,1H3,(H,24,30)(H,27,29)(H,25,26,28). The van der Waals surface area contributed by atoms with Gasteiger partial charge in [0, 0.05) is 40.1 Å². The summed E-state index contributed by atoms with van der Waals surface area (Å²) in [6, 6.07) is 12.4. The van der Waals surface area contributed by atoms with Crippen molar-refractivity contribution in [3.05, 3.63) is 64.8 Å². The van der Waals surface area contributed by atoms with E-state index in [2.05, 4.69) is 25.9 Å². The molecule has 1 aromatic heterocycles. The Kier molecular flexibility index (Phi) is 5.63. The molecule has 152 valence electrons. The molecule has 0 unspecified atom stereocenters. The molecule has 4 rings (SSSR count). The Hall–Kier alpha value is -3.45. The highest BCUT2D eigenvalue weighted by Gasteiger charge is 2.21. The van der Waals surface area contributed by atoms with Gasteiger partial charge in [-0.2, -0.15) is 0 Å². The lowest BCUT2D eigenvalue weighted by Crippen LogP contribution is -2.23. The maximum absolute atomic E-state index is 12.2. The summed E-state index contributed by atoms with van der Waals surface area (Å²) in [6.07, 6.45) is 2.72. The van der Waals surface area contributed by atoms with Crippen LogP contribution in [0.25, 0.3) is 11.3 Å². The second kappa shape index (κ2) is 8.51. The molecule has 0 radical (unpaired) electrons. The molecule has 1 aliphatic heterocycles. The molecule has 0 bridgehead atoms. The van der Waals surface area contributed by atoms with E-state index in [0.29, 0.717) is 34.5 Å². The van der Waals surface area contributed by atoms with Crippen LogP contribution in [0.5, 0.6) is 0 Å². The third-order valence-electron chi connectivity index (χ3n) is 4.67. The summed E-state index contributed by atoms with van der Waals surface area (Å²) in [6.45, 7) is 2.65. The summed E-state index contributed by atoms with van der Waals surface area (Å²) in [4.78, 5) is 33.2. The van der Waals surface area contributed by atoms with Crippen LogP contribution in [-0.2, 0) is 11.2 Å². The first-order valence-electron chi connectivity index (χ1n) is 9.64. The normalized spacial score (nSPS) is 12.3. The average Bonchev–Trinajstić information content (AvgIpc) is 2.87. The first-order valence-corrected chi connectivity index (χ1v) is 10.0. The fourth-order valence-corrected chi connectivity index (χ4v) is 3.37. The van der Waals surface area contributed by atoms with Crippen LogP contribution in [0.3, 0.4) is 0 Å². The van der Waals surface area contributed by atoms with Crippen LogP contribution in [0.15, 0.2) is 48.7 Å². The maximum Gasteiger partial charge on any atom is 0.251 e. The number of amides is 2. The van der Waals surface area contributed by atoms with Crippen LogP contribution in [0, 0.1) is 0 Å². The minimum Gasteiger partial charge on any atom is -0.352 e.